The van der Waals surface area contributed by atoms with Crippen molar-refractivity contribution in [3.8, 4) is 39.5 Å². The van der Waals surface area contributed by atoms with E-state index in [1.54, 1.807) is 54.6 Å². The van der Waals surface area contributed by atoms with Crippen molar-refractivity contribution in [1.29, 1.82) is 0 Å². The van der Waals surface area contributed by atoms with Crippen LogP contribution in [-0.2, 0) is 6.61 Å². The second-order valence-electron chi connectivity index (χ2n) is 9.04. The van der Waals surface area contributed by atoms with Crippen molar-refractivity contribution in [2.45, 2.75) is 39.7 Å². The second-order valence-corrected chi connectivity index (χ2v) is 9.04. The largest absolute Gasteiger partial charge is 0.494 e. The number of rotatable bonds is 12. The van der Waals surface area contributed by atoms with Crippen molar-refractivity contribution < 1.29 is 31.8 Å². The summed E-state index contributed by atoms with van der Waals surface area (Å²) in [5.74, 6) is -3.85. The molecule has 4 rings (SSSR count). The van der Waals surface area contributed by atoms with E-state index in [4.69, 9.17) is 14.2 Å². The molecular formula is C32H30F4O3. The molecule has 0 aromatic heterocycles. The average Bonchev–Trinajstić information content (AvgIpc) is 2.96. The number of halogens is 4. The zero-order valence-corrected chi connectivity index (χ0v) is 21.9. The van der Waals surface area contributed by atoms with Crippen molar-refractivity contribution in [3.05, 3.63) is 102 Å². The van der Waals surface area contributed by atoms with E-state index in [1.165, 1.54) is 18.2 Å². The van der Waals surface area contributed by atoms with Gasteiger partial charge in [0.2, 0.25) is 11.6 Å². The Morgan fingerprint density at radius 3 is 1.59 bits per heavy atom. The molecule has 0 fully saturated rings. The third-order valence-corrected chi connectivity index (χ3v) is 6.15. The summed E-state index contributed by atoms with van der Waals surface area (Å²) >= 11 is 0. The lowest BCUT2D eigenvalue weighted by Crippen LogP contribution is -2.03. The maximum Gasteiger partial charge on any atom is 0.204 e. The predicted octanol–water partition coefficient (Wildman–Crippen LogP) is 9.12. The molecule has 7 heteroatoms. The van der Waals surface area contributed by atoms with Crippen LogP contribution in [0.4, 0.5) is 17.6 Å². The molecular weight excluding hydrogens is 508 g/mol. The second kappa shape index (κ2) is 13.2. The van der Waals surface area contributed by atoms with Crippen LogP contribution in [-0.4, -0.2) is 13.2 Å². The van der Waals surface area contributed by atoms with Crippen LogP contribution in [0.3, 0.4) is 0 Å². The van der Waals surface area contributed by atoms with Gasteiger partial charge < -0.3 is 14.2 Å². The summed E-state index contributed by atoms with van der Waals surface area (Å²) in [6, 6.07) is 19.1. The van der Waals surface area contributed by atoms with Gasteiger partial charge in [0.15, 0.2) is 23.1 Å². The van der Waals surface area contributed by atoms with Gasteiger partial charge >= 0.3 is 0 Å². The van der Waals surface area contributed by atoms with Gasteiger partial charge in [-0.2, -0.15) is 8.78 Å². The summed E-state index contributed by atoms with van der Waals surface area (Å²) < 4.78 is 75.0. The lowest BCUT2D eigenvalue weighted by Gasteiger charge is -2.12. The fraction of sp³-hybridized carbons (Fsp3) is 0.250. The van der Waals surface area contributed by atoms with Crippen LogP contribution in [0, 0.1) is 23.3 Å². The Morgan fingerprint density at radius 1 is 0.513 bits per heavy atom. The molecule has 0 radical (unpaired) electrons. The Kier molecular flexibility index (Phi) is 9.47. The maximum atomic E-state index is 15.1. The Bertz CT molecular complexity index is 1390. The molecule has 3 nitrogen and oxygen atoms in total. The SMILES string of the molecule is CCCCOc1ccc(OCc2ccc(-c3ccc(-c4ccc(OCCC)cc4)c(F)c3F)cc2)c(F)c1F. The number of hydrogen-bond donors (Lipinski definition) is 0. The van der Waals surface area contributed by atoms with Gasteiger partial charge in [-0.25, -0.2) is 8.78 Å². The molecule has 0 N–H and O–H groups in total. The average molecular weight is 539 g/mol. The molecule has 39 heavy (non-hydrogen) atoms. The summed E-state index contributed by atoms with van der Waals surface area (Å²) in [7, 11) is 0. The van der Waals surface area contributed by atoms with Gasteiger partial charge in [-0.05, 0) is 53.8 Å². The van der Waals surface area contributed by atoms with E-state index in [2.05, 4.69) is 0 Å². The molecule has 4 aromatic carbocycles. The van der Waals surface area contributed by atoms with Crippen LogP contribution in [0.25, 0.3) is 22.3 Å². The minimum Gasteiger partial charge on any atom is -0.494 e. The smallest absolute Gasteiger partial charge is 0.204 e. The Morgan fingerprint density at radius 2 is 1.05 bits per heavy atom. The van der Waals surface area contributed by atoms with Crippen molar-refractivity contribution >= 4 is 0 Å². The maximum absolute atomic E-state index is 15.1. The third-order valence-electron chi connectivity index (χ3n) is 6.15. The first-order valence-electron chi connectivity index (χ1n) is 13.0. The Labute approximate surface area is 226 Å². The zero-order chi connectivity index (χ0) is 27.8. The van der Waals surface area contributed by atoms with Crippen molar-refractivity contribution in [2.24, 2.45) is 0 Å². The normalized spacial score (nSPS) is 10.9. The van der Waals surface area contributed by atoms with E-state index >= 15 is 8.78 Å². The van der Waals surface area contributed by atoms with E-state index < -0.39 is 23.3 Å². The number of hydrogen-bond acceptors (Lipinski definition) is 3. The van der Waals surface area contributed by atoms with Crippen LogP contribution in [0.5, 0.6) is 17.2 Å². The molecule has 0 saturated carbocycles. The van der Waals surface area contributed by atoms with Crippen LogP contribution in [0.2, 0.25) is 0 Å². The number of benzene rings is 4. The predicted molar refractivity (Wildman–Crippen MR) is 144 cm³/mol. The summed E-state index contributed by atoms with van der Waals surface area (Å²) in [5, 5.41) is 0. The highest BCUT2D eigenvalue weighted by molar-refractivity contribution is 5.72. The topological polar surface area (TPSA) is 27.7 Å². The molecule has 0 aliphatic heterocycles. The first kappa shape index (κ1) is 28.0. The highest BCUT2D eigenvalue weighted by Gasteiger charge is 2.18. The third kappa shape index (κ3) is 6.72. The lowest BCUT2D eigenvalue weighted by atomic mass is 9.98. The van der Waals surface area contributed by atoms with E-state index in [0.717, 1.165) is 19.3 Å². The molecule has 0 aliphatic carbocycles. The van der Waals surface area contributed by atoms with Crippen LogP contribution in [0.1, 0.15) is 38.7 Å². The molecule has 0 spiro atoms. The van der Waals surface area contributed by atoms with E-state index in [1.807, 2.05) is 13.8 Å². The van der Waals surface area contributed by atoms with Gasteiger partial charge in [-0.3, -0.25) is 0 Å². The minimum absolute atomic E-state index is 0.0412. The number of ether oxygens (including phenoxy) is 3. The quantitative estimate of drug-likeness (QED) is 0.133. The summed E-state index contributed by atoms with van der Waals surface area (Å²) in [6.07, 6.45) is 2.48. The summed E-state index contributed by atoms with van der Waals surface area (Å²) in [6.45, 7) is 4.82. The molecule has 204 valence electrons. The van der Waals surface area contributed by atoms with Crippen LogP contribution < -0.4 is 14.2 Å². The molecule has 0 amide bonds. The number of unbranched alkanes of at least 4 members (excludes halogenated alkanes) is 1. The first-order valence-corrected chi connectivity index (χ1v) is 13.0. The van der Waals surface area contributed by atoms with Crippen molar-refractivity contribution in [1.82, 2.24) is 0 Å². The van der Waals surface area contributed by atoms with Gasteiger partial charge in [-0.15, -0.1) is 0 Å². The molecule has 0 aliphatic rings. The van der Waals surface area contributed by atoms with Crippen molar-refractivity contribution in [3.63, 3.8) is 0 Å². The van der Waals surface area contributed by atoms with Gasteiger partial charge in [0.25, 0.3) is 0 Å². The highest BCUT2D eigenvalue weighted by atomic mass is 19.2. The first-order chi connectivity index (χ1) is 18.9. The van der Waals surface area contributed by atoms with Gasteiger partial charge in [0.05, 0.1) is 13.2 Å². The monoisotopic (exact) mass is 538 g/mol. The molecule has 0 atom stereocenters. The van der Waals surface area contributed by atoms with Crippen molar-refractivity contribution in [2.75, 3.05) is 13.2 Å². The van der Waals surface area contributed by atoms with E-state index in [-0.39, 0.29) is 29.2 Å². The molecule has 0 unspecified atom stereocenters. The highest BCUT2D eigenvalue weighted by Crippen LogP contribution is 2.33. The molecule has 0 bridgehead atoms. The Hall–Kier alpha value is -4.00. The molecule has 0 heterocycles. The van der Waals surface area contributed by atoms with Crippen LogP contribution in [0.15, 0.2) is 72.8 Å². The summed E-state index contributed by atoms with van der Waals surface area (Å²) in [4.78, 5) is 0. The molecule has 4 aromatic rings. The fourth-order valence-electron chi connectivity index (χ4n) is 3.95. The van der Waals surface area contributed by atoms with E-state index in [0.29, 0.717) is 35.7 Å². The lowest BCUT2D eigenvalue weighted by molar-refractivity contribution is 0.267. The summed E-state index contributed by atoms with van der Waals surface area (Å²) in [5.41, 5.74) is 1.91. The van der Waals surface area contributed by atoms with Crippen LogP contribution >= 0.6 is 0 Å². The molecule has 0 saturated heterocycles. The van der Waals surface area contributed by atoms with Gasteiger partial charge in [0.1, 0.15) is 12.4 Å². The standard InChI is InChI=1S/C32H30F4O3/c1-3-5-19-38-27-16-17-28(32(36)31(27)35)39-20-21-6-8-22(9-7-21)25-14-15-26(30(34)29(25)33)23-10-12-24(13-11-23)37-18-4-2/h6-17H,3-5,18-20H2,1-2H3. The zero-order valence-electron chi connectivity index (χ0n) is 21.9. The van der Waals surface area contributed by atoms with Gasteiger partial charge in [-0.1, -0.05) is 68.8 Å². The Balaban J connectivity index is 1.43. The van der Waals surface area contributed by atoms with Gasteiger partial charge in [0, 0.05) is 11.1 Å². The fourth-order valence-corrected chi connectivity index (χ4v) is 3.95. The van der Waals surface area contributed by atoms with E-state index in [9.17, 15) is 8.78 Å². The minimum atomic E-state index is -1.12.